The summed E-state index contributed by atoms with van der Waals surface area (Å²) in [5, 5.41) is 14.5. The highest BCUT2D eigenvalue weighted by Crippen LogP contribution is 2.28. The Bertz CT molecular complexity index is 1280. The van der Waals surface area contributed by atoms with E-state index >= 15 is 0 Å². The second-order valence-electron chi connectivity index (χ2n) is 8.39. The van der Waals surface area contributed by atoms with Crippen molar-refractivity contribution in [2.24, 2.45) is 0 Å². The molecule has 1 aliphatic heterocycles. The Morgan fingerprint density at radius 3 is 2.73 bits per heavy atom. The van der Waals surface area contributed by atoms with Gasteiger partial charge in [-0.25, -0.2) is 9.50 Å². The topological polar surface area (TPSA) is 87.8 Å². The third-order valence-electron chi connectivity index (χ3n) is 6.12. The molecule has 0 spiro atoms. The van der Waals surface area contributed by atoms with Gasteiger partial charge in [-0.15, -0.1) is 11.3 Å². The summed E-state index contributed by atoms with van der Waals surface area (Å²) in [6.07, 6.45) is 2.23. The van der Waals surface area contributed by atoms with E-state index in [-0.39, 0.29) is 30.3 Å². The average molecular weight is 461 g/mol. The molecule has 2 atom stereocenters. The van der Waals surface area contributed by atoms with Gasteiger partial charge in [0.05, 0.1) is 33.7 Å². The zero-order valence-electron chi connectivity index (χ0n) is 18.2. The number of hydrogen-bond donors (Lipinski definition) is 1. The minimum atomic E-state index is -0.707. The van der Waals surface area contributed by atoms with Crippen LogP contribution >= 0.6 is 11.3 Å². The lowest BCUT2D eigenvalue weighted by Crippen LogP contribution is -2.41. The molecule has 1 aromatic carbocycles. The number of nitrogens with zero attached hydrogens (tertiary/aromatic N) is 4. The SMILES string of the molecule is Cc1ncsc1-c1ccc(CCC(=O)[C@@H]2C[C@@H](O)CN2C(=O)c2cc3ccccn3n2)cc1. The summed E-state index contributed by atoms with van der Waals surface area (Å²) in [4.78, 5) is 33.1. The van der Waals surface area contributed by atoms with E-state index in [1.165, 1.54) is 4.90 Å². The number of aliphatic hydroxyl groups is 1. The second-order valence-corrected chi connectivity index (χ2v) is 9.25. The van der Waals surface area contributed by atoms with Gasteiger partial charge < -0.3 is 10.0 Å². The van der Waals surface area contributed by atoms with E-state index in [1.807, 2.05) is 42.8 Å². The zero-order chi connectivity index (χ0) is 22.9. The Kier molecular flexibility index (Phi) is 5.78. The fourth-order valence-electron chi connectivity index (χ4n) is 4.37. The molecule has 0 bridgehead atoms. The number of ketones is 1. The molecule has 1 aliphatic rings. The lowest BCUT2D eigenvalue weighted by molar-refractivity contribution is -0.122. The molecule has 4 heterocycles. The van der Waals surface area contributed by atoms with E-state index in [1.54, 1.807) is 28.1 Å². The van der Waals surface area contributed by atoms with Crippen LogP contribution in [0.15, 0.2) is 60.2 Å². The maximum absolute atomic E-state index is 13.1. The standard InChI is InChI=1S/C25H24N4O3S/c1-16-24(33-15-26-16)18-8-5-17(6-9-18)7-10-23(31)22-13-20(30)14-28(22)25(32)21-12-19-4-2-3-11-29(19)27-21/h2-6,8-9,11-12,15,20,22,30H,7,10,13-14H2,1H3/t20-,22+/m1/s1. The average Bonchev–Trinajstić information content (AvgIpc) is 3.55. The van der Waals surface area contributed by atoms with Gasteiger partial charge in [0.1, 0.15) is 0 Å². The van der Waals surface area contributed by atoms with Gasteiger partial charge in [-0.2, -0.15) is 5.10 Å². The number of hydrogen-bond acceptors (Lipinski definition) is 6. The van der Waals surface area contributed by atoms with Crippen molar-refractivity contribution in [3.63, 3.8) is 0 Å². The molecule has 33 heavy (non-hydrogen) atoms. The quantitative estimate of drug-likeness (QED) is 0.476. The predicted molar refractivity (Wildman–Crippen MR) is 126 cm³/mol. The Balaban J connectivity index is 1.26. The maximum Gasteiger partial charge on any atom is 0.275 e. The number of aryl methyl sites for hydroxylation is 2. The van der Waals surface area contributed by atoms with Crippen LogP contribution in [0.2, 0.25) is 0 Å². The van der Waals surface area contributed by atoms with Crippen LogP contribution in [-0.2, 0) is 11.2 Å². The van der Waals surface area contributed by atoms with Crippen LogP contribution in [0.1, 0.15) is 34.6 Å². The number of benzene rings is 1. The third-order valence-corrected chi connectivity index (χ3v) is 7.10. The molecule has 1 N–H and O–H groups in total. The number of fused-ring (bicyclic) bond motifs is 1. The normalized spacial score (nSPS) is 18.2. The zero-order valence-corrected chi connectivity index (χ0v) is 19.0. The second kappa shape index (κ2) is 8.88. The van der Waals surface area contributed by atoms with Gasteiger partial charge in [0.15, 0.2) is 11.5 Å². The monoisotopic (exact) mass is 460 g/mol. The van der Waals surface area contributed by atoms with E-state index in [4.69, 9.17) is 0 Å². The summed E-state index contributed by atoms with van der Waals surface area (Å²) in [6.45, 7) is 2.14. The van der Waals surface area contributed by atoms with Gasteiger partial charge in [0.25, 0.3) is 5.91 Å². The minimum Gasteiger partial charge on any atom is -0.391 e. The van der Waals surface area contributed by atoms with Crippen LogP contribution in [0.25, 0.3) is 16.0 Å². The molecule has 1 amide bonds. The molecule has 168 valence electrons. The van der Waals surface area contributed by atoms with Gasteiger partial charge in [0, 0.05) is 25.6 Å². The molecule has 8 heteroatoms. The first kappa shape index (κ1) is 21.5. The van der Waals surface area contributed by atoms with E-state index in [0.717, 1.165) is 27.2 Å². The number of carbonyl (C=O) groups is 2. The number of aromatic nitrogens is 3. The van der Waals surface area contributed by atoms with E-state index in [9.17, 15) is 14.7 Å². The number of β-amino-alcohol motifs (C(OH)–C–C–N with tert-alkyl or cyclic N) is 1. The van der Waals surface area contributed by atoms with Crippen molar-refractivity contribution in [3.8, 4) is 10.4 Å². The summed E-state index contributed by atoms with van der Waals surface area (Å²) in [6, 6.07) is 14.8. The molecular formula is C25H24N4O3S. The first-order chi connectivity index (χ1) is 16.0. The Labute approximate surface area is 195 Å². The minimum absolute atomic E-state index is 0.0361. The highest BCUT2D eigenvalue weighted by atomic mass is 32.1. The maximum atomic E-state index is 13.1. The van der Waals surface area contributed by atoms with Crippen LogP contribution < -0.4 is 0 Å². The van der Waals surface area contributed by atoms with Crippen LogP contribution in [-0.4, -0.2) is 55.0 Å². The first-order valence-corrected chi connectivity index (χ1v) is 11.8. The fraction of sp³-hybridized carbons (Fsp3) is 0.280. The Morgan fingerprint density at radius 2 is 2.00 bits per heavy atom. The number of pyridine rings is 1. The van der Waals surface area contributed by atoms with Crippen molar-refractivity contribution in [3.05, 3.63) is 77.2 Å². The number of carbonyl (C=O) groups excluding carboxylic acids is 2. The van der Waals surface area contributed by atoms with Crippen LogP contribution in [0.5, 0.6) is 0 Å². The number of rotatable bonds is 6. The molecule has 0 radical (unpaired) electrons. The molecule has 0 unspecified atom stereocenters. The lowest BCUT2D eigenvalue weighted by atomic mass is 10.00. The summed E-state index contributed by atoms with van der Waals surface area (Å²) >= 11 is 1.61. The fourth-order valence-corrected chi connectivity index (χ4v) is 5.18. The number of thiazole rings is 1. The van der Waals surface area contributed by atoms with E-state index in [2.05, 4.69) is 22.2 Å². The van der Waals surface area contributed by atoms with Crippen molar-refractivity contribution in [2.75, 3.05) is 6.54 Å². The number of aliphatic hydroxyl groups excluding tert-OH is 1. The van der Waals surface area contributed by atoms with Crippen molar-refractivity contribution >= 4 is 28.5 Å². The van der Waals surface area contributed by atoms with E-state index < -0.39 is 12.1 Å². The number of likely N-dealkylation sites (tertiary alicyclic amines) is 1. The van der Waals surface area contributed by atoms with E-state index in [0.29, 0.717) is 12.8 Å². The molecule has 7 nitrogen and oxygen atoms in total. The molecule has 0 saturated carbocycles. The largest absolute Gasteiger partial charge is 0.391 e. The lowest BCUT2D eigenvalue weighted by Gasteiger charge is -2.22. The molecule has 4 aromatic rings. The van der Waals surface area contributed by atoms with Gasteiger partial charge in [-0.3, -0.25) is 9.59 Å². The molecule has 1 fully saturated rings. The summed E-state index contributed by atoms with van der Waals surface area (Å²) < 4.78 is 1.63. The van der Waals surface area contributed by atoms with Crippen LogP contribution in [0.4, 0.5) is 0 Å². The van der Waals surface area contributed by atoms with Crippen molar-refractivity contribution in [1.29, 1.82) is 0 Å². The number of amides is 1. The summed E-state index contributed by atoms with van der Waals surface area (Å²) in [7, 11) is 0. The molecule has 5 rings (SSSR count). The van der Waals surface area contributed by atoms with Gasteiger partial charge >= 0.3 is 0 Å². The third kappa shape index (κ3) is 4.31. The number of Topliss-reactive ketones (excluding diaryl/α,β-unsaturated/α-hetero) is 1. The van der Waals surface area contributed by atoms with Crippen molar-refractivity contribution in [2.45, 2.75) is 38.3 Å². The first-order valence-electron chi connectivity index (χ1n) is 10.9. The molecule has 0 aliphatic carbocycles. The summed E-state index contributed by atoms with van der Waals surface area (Å²) in [5.41, 5.74) is 6.12. The molecular weight excluding hydrogens is 436 g/mol. The Morgan fingerprint density at radius 1 is 1.18 bits per heavy atom. The summed E-state index contributed by atoms with van der Waals surface area (Å²) in [5.74, 6) is -0.357. The van der Waals surface area contributed by atoms with Crippen LogP contribution in [0.3, 0.4) is 0 Å². The molecule has 1 saturated heterocycles. The van der Waals surface area contributed by atoms with Crippen LogP contribution in [0, 0.1) is 6.92 Å². The highest BCUT2D eigenvalue weighted by molar-refractivity contribution is 7.13. The molecule has 3 aromatic heterocycles. The van der Waals surface area contributed by atoms with Crippen molar-refractivity contribution < 1.29 is 14.7 Å². The van der Waals surface area contributed by atoms with Gasteiger partial charge in [-0.05, 0) is 42.7 Å². The van der Waals surface area contributed by atoms with Crippen molar-refractivity contribution in [1.82, 2.24) is 19.5 Å². The van der Waals surface area contributed by atoms with Gasteiger partial charge in [-0.1, -0.05) is 30.3 Å². The van der Waals surface area contributed by atoms with Gasteiger partial charge in [0.2, 0.25) is 0 Å². The smallest absolute Gasteiger partial charge is 0.275 e. The highest BCUT2D eigenvalue weighted by Gasteiger charge is 2.39. The Hall–Kier alpha value is -3.36. The predicted octanol–water partition coefficient (Wildman–Crippen LogP) is 3.54.